The van der Waals surface area contributed by atoms with E-state index in [9.17, 15) is 0 Å². The Balaban J connectivity index is 2.14. The second kappa shape index (κ2) is 4.36. The maximum absolute atomic E-state index is 4.83. The van der Waals surface area contributed by atoms with Crippen molar-refractivity contribution in [3.05, 3.63) is 42.5 Å². The SMILES string of the molecule is C=NOCc1ccc(-n2cncn2)cc1. The zero-order valence-electron chi connectivity index (χ0n) is 8.08. The third kappa shape index (κ3) is 2.19. The van der Waals surface area contributed by atoms with Crippen LogP contribution in [0.4, 0.5) is 0 Å². The van der Waals surface area contributed by atoms with Crippen LogP contribution in [-0.2, 0) is 11.4 Å². The van der Waals surface area contributed by atoms with Crippen LogP contribution in [0.15, 0.2) is 42.1 Å². The third-order valence-corrected chi connectivity index (χ3v) is 1.94. The van der Waals surface area contributed by atoms with Crippen LogP contribution >= 0.6 is 0 Å². The Labute approximate surface area is 87.0 Å². The molecular formula is C10H10N4O. The molecular weight excluding hydrogens is 192 g/mol. The molecule has 0 fully saturated rings. The number of aromatic nitrogens is 3. The fourth-order valence-corrected chi connectivity index (χ4v) is 1.21. The highest BCUT2D eigenvalue weighted by Gasteiger charge is 1.97. The first kappa shape index (κ1) is 9.39. The van der Waals surface area contributed by atoms with E-state index < -0.39 is 0 Å². The van der Waals surface area contributed by atoms with Gasteiger partial charge in [0.05, 0.1) is 5.69 Å². The molecule has 1 heterocycles. The lowest BCUT2D eigenvalue weighted by molar-refractivity contribution is 0.133. The fourth-order valence-electron chi connectivity index (χ4n) is 1.21. The van der Waals surface area contributed by atoms with E-state index >= 15 is 0 Å². The molecule has 0 aliphatic carbocycles. The van der Waals surface area contributed by atoms with Gasteiger partial charge in [0.15, 0.2) is 0 Å². The lowest BCUT2D eigenvalue weighted by atomic mass is 10.2. The molecule has 5 heteroatoms. The van der Waals surface area contributed by atoms with Crippen molar-refractivity contribution in [1.82, 2.24) is 14.8 Å². The lowest BCUT2D eigenvalue weighted by Gasteiger charge is -2.02. The highest BCUT2D eigenvalue weighted by atomic mass is 16.6. The van der Waals surface area contributed by atoms with Crippen LogP contribution in [0.5, 0.6) is 0 Å². The van der Waals surface area contributed by atoms with E-state index in [1.54, 1.807) is 11.0 Å². The molecule has 0 N–H and O–H groups in total. The summed E-state index contributed by atoms with van der Waals surface area (Å²) in [4.78, 5) is 8.70. The normalized spacial score (nSPS) is 9.87. The molecule has 1 aromatic carbocycles. The summed E-state index contributed by atoms with van der Waals surface area (Å²) in [5.74, 6) is 0. The monoisotopic (exact) mass is 202 g/mol. The first-order valence-electron chi connectivity index (χ1n) is 4.42. The van der Waals surface area contributed by atoms with Gasteiger partial charge in [-0.05, 0) is 17.7 Å². The molecule has 76 valence electrons. The van der Waals surface area contributed by atoms with Gasteiger partial charge in [-0.25, -0.2) is 9.67 Å². The van der Waals surface area contributed by atoms with Crippen LogP contribution < -0.4 is 0 Å². The van der Waals surface area contributed by atoms with Crippen LogP contribution in [0.1, 0.15) is 5.56 Å². The van der Waals surface area contributed by atoms with Crippen LogP contribution in [0, 0.1) is 0 Å². The smallest absolute Gasteiger partial charge is 0.142 e. The van der Waals surface area contributed by atoms with Crippen molar-refractivity contribution >= 4 is 6.72 Å². The number of hydrogen-bond acceptors (Lipinski definition) is 4. The van der Waals surface area contributed by atoms with Crippen molar-refractivity contribution < 1.29 is 4.84 Å². The van der Waals surface area contributed by atoms with Gasteiger partial charge in [0.2, 0.25) is 0 Å². The molecule has 1 aromatic heterocycles. The number of hydrogen-bond donors (Lipinski definition) is 0. The Morgan fingerprint density at radius 3 is 2.73 bits per heavy atom. The molecule has 0 saturated carbocycles. The highest BCUT2D eigenvalue weighted by Crippen LogP contribution is 2.08. The van der Waals surface area contributed by atoms with Crippen LogP contribution in [0.2, 0.25) is 0 Å². The Morgan fingerprint density at radius 2 is 2.13 bits per heavy atom. The number of benzene rings is 1. The third-order valence-electron chi connectivity index (χ3n) is 1.94. The summed E-state index contributed by atoms with van der Waals surface area (Å²) in [5, 5.41) is 7.35. The summed E-state index contributed by atoms with van der Waals surface area (Å²) >= 11 is 0. The van der Waals surface area contributed by atoms with Gasteiger partial charge in [0.1, 0.15) is 19.3 Å². The molecule has 0 bridgehead atoms. The summed E-state index contributed by atoms with van der Waals surface area (Å²) in [5.41, 5.74) is 1.99. The van der Waals surface area contributed by atoms with Crippen LogP contribution in [-0.4, -0.2) is 21.5 Å². The fraction of sp³-hybridized carbons (Fsp3) is 0.100. The molecule has 0 aliphatic rings. The summed E-state index contributed by atoms with van der Waals surface area (Å²) in [6.45, 7) is 3.67. The summed E-state index contributed by atoms with van der Waals surface area (Å²) in [6.07, 6.45) is 3.15. The molecule has 0 radical (unpaired) electrons. The minimum Gasteiger partial charge on any atom is -0.391 e. The van der Waals surface area contributed by atoms with Crippen molar-refractivity contribution in [3.8, 4) is 5.69 Å². The van der Waals surface area contributed by atoms with Gasteiger partial charge in [0, 0.05) is 6.72 Å². The van der Waals surface area contributed by atoms with Crippen molar-refractivity contribution in [3.63, 3.8) is 0 Å². The van der Waals surface area contributed by atoms with E-state index in [-0.39, 0.29) is 0 Å². The maximum atomic E-state index is 4.83. The minimum absolute atomic E-state index is 0.432. The topological polar surface area (TPSA) is 52.3 Å². The maximum Gasteiger partial charge on any atom is 0.142 e. The van der Waals surface area contributed by atoms with Gasteiger partial charge < -0.3 is 4.84 Å². The molecule has 0 atom stereocenters. The Kier molecular flexibility index (Phi) is 2.73. The molecule has 2 aromatic rings. The molecule has 0 saturated heterocycles. The predicted molar refractivity (Wildman–Crippen MR) is 55.7 cm³/mol. The summed E-state index contributed by atoms with van der Waals surface area (Å²) in [6, 6.07) is 7.78. The van der Waals surface area contributed by atoms with E-state index in [1.807, 2.05) is 24.3 Å². The highest BCUT2D eigenvalue weighted by molar-refractivity contribution is 5.33. The summed E-state index contributed by atoms with van der Waals surface area (Å²) < 4.78 is 1.69. The Hall–Kier alpha value is -2.17. The van der Waals surface area contributed by atoms with Gasteiger partial charge in [0.25, 0.3) is 0 Å². The van der Waals surface area contributed by atoms with E-state index in [0.717, 1.165) is 11.3 Å². The van der Waals surface area contributed by atoms with Gasteiger partial charge >= 0.3 is 0 Å². The molecule has 0 unspecified atom stereocenters. The second-order valence-corrected chi connectivity index (χ2v) is 2.91. The first-order chi connectivity index (χ1) is 7.40. The van der Waals surface area contributed by atoms with Gasteiger partial charge in [-0.3, -0.25) is 0 Å². The van der Waals surface area contributed by atoms with Gasteiger partial charge in [-0.15, -0.1) is 5.16 Å². The number of rotatable bonds is 4. The second-order valence-electron chi connectivity index (χ2n) is 2.91. The molecule has 5 nitrogen and oxygen atoms in total. The van der Waals surface area contributed by atoms with E-state index in [2.05, 4.69) is 22.0 Å². The summed E-state index contributed by atoms with van der Waals surface area (Å²) in [7, 11) is 0. The van der Waals surface area contributed by atoms with Crippen molar-refractivity contribution in [2.75, 3.05) is 0 Å². The largest absolute Gasteiger partial charge is 0.391 e. The van der Waals surface area contributed by atoms with E-state index in [1.165, 1.54) is 6.33 Å². The van der Waals surface area contributed by atoms with Crippen LogP contribution in [0.3, 0.4) is 0 Å². The van der Waals surface area contributed by atoms with E-state index in [4.69, 9.17) is 4.84 Å². The van der Waals surface area contributed by atoms with Gasteiger partial charge in [-0.2, -0.15) is 5.10 Å². The molecule has 15 heavy (non-hydrogen) atoms. The molecule has 0 spiro atoms. The molecule has 0 aliphatic heterocycles. The zero-order valence-corrected chi connectivity index (χ0v) is 8.08. The minimum atomic E-state index is 0.432. The van der Waals surface area contributed by atoms with Gasteiger partial charge in [-0.1, -0.05) is 12.1 Å². The van der Waals surface area contributed by atoms with E-state index in [0.29, 0.717) is 6.61 Å². The lowest BCUT2D eigenvalue weighted by Crippen LogP contribution is -1.94. The number of oxime groups is 1. The van der Waals surface area contributed by atoms with Crippen molar-refractivity contribution in [1.29, 1.82) is 0 Å². The van der Waals surface area contributed by atoms with Crippen molar-refractivity contribution in [2.45, 2.75) is 6.61 Å². The quantitative estimate of drug-likeness (QED) is 0.556. The zero-order chi connectivity index (χ0) is 10.5. The Morgan fingerprint density at radius 1 is 1.33 bits per heavy atom. The number of nitrogens with zero attached hydrogens (tertiary/aromatic N) is 4. The first-order valence-corrected chi connectivity index (χ1v) is 4.42. The van der Waals surface area contributed by atoms with Crippen LogP contribution in [0.25, 0.3) is 5.69 Å². The average Bonchev–Trinajstić information content (AvgIpc) is 2.80. The predicted octanol–water partition coefficient (Wildman–Crippen LogP) is 1.40. The van der Waals surface area contributed by atoms with Crippen molar-refractivity contribution in [2.24, 2.45) is 5.16 Å². The molecule has 2 rings (SSSR count). The standard InChI is InChI=1S/C10H10N4O/c1-11-15-6-9-2-4-10(5-3-9)14-8-12-7-13-14/h2-5,7-8H,1,6H2. The Bertz CT molecular complexity index is 421. The average molecular weight is 202 g/mol. The molecule has 0 amide bonds.